The zero-order valence-electron chi connectivity index (χ0n) is 4.31. The van der Waals surface area contributed by atoms with Crippen molar-refractivity contribution in [3.8, 4) is 0 Å². The third-order valence-electron chi connectivity index (χ3n) is 0.729. The predicted octanol–water partition coefficient (Wildman–Crippen LogP) is 0.970. The van der Waals surface area contributed by atoms with E-state index < -0.39 is 18.7 Å². The van der Waals surface area contributed by atoms with Crippen LogP contribution in [0.25, 0.3) is 0 Å². The van der Waals surface area contributed by atoms with Crippen molar-refractivity contribution in [2.75, 3.05) is 0 Å². The van der Waals surface area contributed by atoms with Crippen molar-refractivity contribution in [3.63, 3.8) is 0 Å². The molecule has 0 spiro atoms. The van der Waals surface area contributed by atoms with Gasteiger partial charge in [-0.1, -0.05) is 0 Å². The standard InChI is InChI=1S/C4H7F3O/c1-2(5)3(8)4(6)7/h2-4,8H,1H3. The van der Waals surface area contributed by atoms with Gasteiger partial charge >= 0.3 is 0 Å². The molecule has 0 rings (SSSR count). The summed E-state index contributed by atoms with van der Waals surface area (Å²) in [5, 5.41) is 8.08. The van der Waals surface area contributed by atoms with Crippen LogP contribution in [0.2, 0.25) is 0 Å². The second-order valence-corrected chi connectivity index (χ2v) is 1.50. The maximum Gasteiger partial charge on any atom is 0.266 e. The Hall–Kier alpha value is -0.250. The SMILES string of the molecule is CC(F)C(O)C(F)F. The van der Waals surface area contributed by atoms with E-state index in [-0.39, 0.29) is 0 Å². The van der Waals surface area contributed by atoms with Crippen molar-refractivity contribution in [2.45, 2.75) is 25.6 Å². The minimum atomic E-state index is -2.98. The molecule has 0 radical (unpaired) electrons. The summed E-state index contributed by atoms with van der Waals surface area (Å²) in [6.07, 6.45) is -6.96. The molecule has 50 valence electrons. The number of alkyl halides is 3. The van der Waals surface area contributed by atoms with Crippen LogP contribution in [-0.2, 0) is 0 Å². The van der Waals surface area contributed by atoms with Crippen LogP contribution in [0, 0.1) is 0 Å². The molecular formula is C4H7F3O. The maximum absolute atomic E-state index is 11.6. The maximum atomic E-state index is 11.6. The topological polar surface area (TPSA) is 20.2 Å². The van der Waals surface area contributed by atoms with E-state index in [1.54, 1.807) is 0 Å². The van der Waals surface area contributed by atoms with E-state index in [9.17, 15) is 13.2 Å². The van der Waals surface area contributed by atoms with Crippen LogP contribution in [0.5, 0.6) is 0 Å². The molecule has 2 unspecified atom stereocenters. The summed E-state index contributed by atoms with van der Waals surface area (Å²) < 4.78 is 34.0. The molecule has 0 aromatic carbocycles. The fraction of sp³-hybridized carbons (Fsp3) is 1.00. The number of aliphatic hydroxyl groups excluding tert-OH is 1. The second kappa shape index (κ2) is 2.91. The number of aliphatic hydroxyl groups is 1. The van der Waals surface area contributed by atoms with Crippen LogP contribution in [0.1, 0.15) is 6.92 Å². The van der Waals surface area contributed by atoms with E-state index in [2.05, 4.69) is 0 Å². The molecule has 0 saturated carbocycles. The number of halogens is 3. The van der Waals surface area contributed by atoms with Crippen LogP contribution in [0.3, 0.4) is 0 Å². The smallest absolute Gasteiger partial charge is 0.266 e. The number of rotatable bonds is 2. The van der Waals surface area contributed by atoms with Crippen molar-refractivity contribution >= 4 is 0 Å². The molecule has 0 bridgehead atoms. The Kier molecular flexibility index (Phi) is 2.82. The highest BCUT2D eigenvalue weighted by atomic mass is 19.3. The lowest BCUT2D eigenvalue weighted by Gasteiger charge is -2.08. The Morgan fingerprint density at radius 2 is 1.62 bits per heavy atom. The first-order chi connectivity index (χ1) is 3.55. The molecule has 0 aromatic heterocycles. The van der Waals surface area contributed by atoms with E-state index in [1.165, 1.54) is 0 Å². The summed E-state index contributed by atoms with van der Waals surface area (Å²) in [6, 6.07) is 0. The zero-order chi connectivity index (χ0) is 6.73. The molecule has 2 atom stereocenters. The summed E-state index contributed by atoms with van der Waals surface area (Å²) in [4.78, 5) is 0. The normalized spacial score (nSPS) is 18.8. The molecule has 0 saturated heterocycles. The lowest BCUT2D eigenvalue weighted by Crippen LogP contribution is -2.26. The van der Waals surface area contributed by atoms with Crippen LogP contribution in [0.15, 0.2) is 0 Å². The molecule has 8 heavy (non-hydrogen) atoms. The van der Waals surface area contributed by atoms with Crippen LogP contribution >= 0.6 is 0 Å². The molecule has 1 N–H and O–H groups in total. The van der Waals surface area contributed by atoms with Gasteiger partial charge in [-0.05, 0) is 6.92 Å². The lowest BCUT2D eigenvalue weighted by molar-refractivity contribution is -0.0432. The number of hydrogen-bond donors (Lipinski definition) is 1. The van der Waals surface area contributed by atoms with Crippen molar-refractivity contribution < 1.29 is 18.3 Å². The van der Waals surface area contributed by atoms with E-state index >= 15 is 0 Å². The summed E-state index contributed by atoms with van der Waals surface area (Å²) in [6.45, 7) is 0.886. The van der Waals surface area contributed by atoms with Gasteiger partial charge in [-0.15, -0.1) is 0 Å². The van der Waals surface area contributed by atoms with Gasteiger partial charge in [-0.25, -0.2) is 13.2 Å². The summed E-state index contributed by atoms with van der Waals surface area (Å²) in [5.41, 5.74) is 0. The van der Waals surface area contributed by atoms with Crippen molar-refractivity contribution in [3.05, 3.63) is 0 Å². The van der Waals surface area contributed by atoms with Gasteiger partial charge in [-0.2, -0.15) is 0 Å². The van der Waals surface area contributed by atoms with Crippen LogP contribution < -0.4 is 0 Å². The van der Waals surface area contributed by atoms with Crippen molar-refractivity contribution in [2.24, 2.45) is 0 Å². The largest absolute Gasteiger partial charge is 0.384 e. The first-order valence-electron chi connectivity index (χ1n) is 2.16. The van der Waals surface area contributed by atoms with E-state index in [1.807, 2.05) is 0 Å². The van der Waals surface area contributed by atoms with Crippen LogP contribution in [0.4, 0.5) is 13.2 Å². The number of hydrogen-bond acceptors (Lipinski definition) is 1. The fourth-order valence-electron chi connectivity index (χ4n) is 0.200. The average molecular weight is 128 g/mol. The van der Waals surface area contributed by atoms with Gasteiger partial charge in [-0.3, -0.25) is 0 Å². The molecular weight excluding hydrogens is 121 g/mol. The monoisotopic (exact) mass is 128 g/mol. The molecule has 0 aliphatic rings. The molecule has 1 nitrogen and oxygen atoms in total. The second-order valence-electron chi connectivity index (χ2n) is 1.50. The van der Waals surface area contributed by atoms with Crippen molar-refractivity contribution in [1.29, 1.82) is 0 Å². The lowest BCUT2D eigenvalue weighted by atomic mass is 10.3. The Morgan fingerprint density at radius 1 is 1.25 bits per heavy atom. The molecule has 0 aliphatic heterocycles. The summed E-state index contributed by atoms with van der Waals surface area (Å²) in [5.74, 6) is 0. The minimum Gasteiger partial charge on any atom is -0.384 e. The first kappa shape index (κ1) is 7.75. The van der Waals surface area contributed by atoms with Gasteiger partial charge in [0.05, 0.1) is 0 Å². The molecule has 0 fully saturated rings. The quantitative estimate of drug-likeness (QED) is 0.587. The van der Waals surface area contributed by atoms with Gasteiger partial charge in [0.25, 0.3) is 6.43 Å². The molecule has 4 heteroatoms. The average Bonchev–Trinajstić information content (AvgIpc) is 1.64. The molecule has 0 aliphatic carbocycles. The molecule has 0 aromatic rings. The van der Waals surface area contributed by atoms with Crippen LogP contribution in [-0.4, -0.2) is 23.8 Å². The Morgan fingerprint density at radius 3 is 1.62 bits per heavy atom. The highest BCUT2D eigenvalue weighted by Gasteiger charge is 2.22. The highest BCUT2D eigenvalue weighted by Crippen LogP contribution is 2.06. The van der Waals surface area contributed by atoms with E-state index in [4.69, 9.17) is 5.11 Å². The van der Waals surface area contributed by atoms with Gasteiger partial charge < -0.3 is 5.11 Å². The zero-order valence-corrected chi connectivity index (χ0v) is 4.31. The van der Waals surface area contributed by atoms with Crippen molar-refractivity contribution in [1.82, 2.24) is 0 Å². The van der Waals surface area contributed by atoms with Gasteiger partial charge in [0.1, 0.15) is 12.3 Å². The predicted molar refractivity (Wildman–Crippen MR) is 22.6 cm³/mol. The van der Waals surface area contributed by atoms with E-state index in [0.29, 0.717) is 0 Å². The van der Waals surface area contributed by atoms with Gasteiger partial charge in [0.15, 0.2) is 0 Å². The minimum absolute atomic E-state index is 0.886. The Labute approximate surface area is 45.1 Å². The Bertz CT molecular complexity index is 56.3. The highest BCUT2D eigenvalue weighted by molar-refractivity contribution is 4.63. The van der Waals surface area contributed by atoms with Gasteiger partial charge in [0, 0.05) is 0 Å². The summed E-state index contributed by atoms with van der Waals surface area (Å²) >= 11 is 0. The summed E-state index contributed by atoms with van der Waals surface area (Å²) in [7, 11) is 0. The Balaban J connectivity index is 3.46. The van der Waals surface area contributed by atoms with Gasteiger partial charge in [0.2, 0.25) is 0 Å². The van der Waals surface area contributed by atoms with E-state index in [0.717, 1.165) is 6.92 Å². The third-order valence-corrected chi connectivity index (χ3v) is 0.729. The molecule has 0 heterocycles. The molecule has 0 amide bonds. The fourth-order valence-corrected chi connectivity index (χ4v) is 0.200. The third kappa shape index (κ3) is 2.16. The first-order valence-corrected chi connectivity index (χ1v) is 2.16.